The molecule has 0 bridgehead atoms. The van der Waals surface area contributed by atoms with E-state index in [4.69, 9.17) is 4.74 Å². The van der Waals surface area contributed by atoms with Crippen molar-refractivity contribution in [3.63, 3.8) is 0 Å². The molecular weight excluding hydrogens is 413 g/mol. The maximum absolute atomic E-state index is 13.0. The molecule has 1 aliphatic heterocycles. The van der Waals surface area contributed by atoms with E-state index in [9.17, 15) is 22.4 Å². The van der Waals surface area contributed by atoms with Crippen LogP contribution in [0.15, 0.2) is 24.3 Å². The molecule has 10 heteroatoms. The first-order valence-electron chi connectivity index (χ1n) is 10.2. The number of amides is 2. The second-order valence-electron chi connectivity index (χ2n) is 7.75. The van der Waals surface area contributed by atoms with Gasteiger partial charge < -0.3 is 15.0 Å². The minimum Gasteiger partial charge on any atom is -0.484 e. The Labute approximate surface area is 176 Å². The molecule has 1 aromatic carbocycles. The zero-order valence-corrected chi connectivity index (χ0v) is 17.9. The standard InChI is InChI=1S/C20H28FN3O5S/c1-30(27,28)24-13-12-23(19(25)14-29-16-8-6-15(21)7-9-16)11-10-22-20(26)17-4-2-3-5-18(17)24/h6-9,17-18H,2-5,10-14H2,1H3,(H,22,26)/t17-,18+/m0/s1. The molecule has 30 heavy (non-hydrogen) atoms. The molecule has 1 saturated heterocycles. The molecule has 1 heterocycles. The molecule has 2 amide bonds. The molecule has 1 aromatic rings. The van der Waals surface area contributed by atoms with Gasteiger partial charge in [0, 0.05) is 32.2 Å². The fourth-order valence-corrected chi connectivity index (χ4v) is 5.29. The zero-order valence-electron chi connectivity index (χ0n) is 17.0. The van der Waals surface area contributed by atoms with Gasteiger partial charge in [-0.15, -0.1) is 0 Å². The smallest absolute Gasteiger partial charge is 0.260 e. The summed E-state index contributed by atoms with van der Waals surface area (Å²) in [5.74, 6) is -0.894. The number of rotatable bonds is 4. The predicted octanol–water partition coefficient (Wildman–Crippen LogP) is 0.983. The van der Waals surface area contributed by atoms with Gasteiger partial charge in [0.25, 0.3) is 5.91 Å². The molecule has 1 saturated carbocycles. The van der Waals surface area contributed by atoms with Gasteiger partial charge in [0.2, 0.25) is 15.9 Å². The molecule has 0 spiro atoms. The largest absolute Gasteiger partial charge is 0.484 e. The van der Waals surface area contributed by atoms with Crippen LogP contribution in [-0.2, 0) is 19.6 Å². The first-order valence-corrected chi connectivity index (χ1v) is 12.0. The third-order valence-corrected chi connectivity index (χ3v) is 6.97. The van der Waals surface area contributed by atoms with E-state index in [-0.39, 0.29) is 50.0 Å². The van der Waals surface area contributed by atoms with Crippen molar-refractivity contribution in [3.05, 3.63) is 30.1 Å². The second-order valence-corrected chi connectivity index (χ2v) is 9.68. The lowest BCUT2D eigenvalue weighted by Crippen LogP contribution is -2.55. The van der Waals surface area contributed by atoms with Gasteiger partial charge in [0.1, 0.15) is 11.6 Å². The van der Waals surface area contributed by atoms with Crippen molar-refractivity contribution in [2.45, 2.75) is 31.7 Å². The fraction of sp³-hybridized carbons (Fsp3) is 0.600. The van der Waals surface area contributed by atoms with Crippen molar-refractivity contribution in [1.29, 1.82) is 0 Å². The number of hydrogen-bond donors (Lipinski definition) is 1. The SMILES string of the molecule is CS(=O)(=O)N1CCN(C(=O)COc2ccc(F)cc2)CCNC(=O)[C@H]2CCCC[C@H]21. The highest BCUT2D eigenvalue weighted by atomic mass is 32.2. The van der Waals surface area contributed by atoms with E-state index in [1.807, 2.05) is 0 Å². The lowest BCUT2D eigenvalue weighted by atomic mass is 9.83. The van der Waals surface area contributed by atoms with Crippen LogP contribution in [0.2, 0.25) is 0 Å². The maximum Gasteiger partial charge on any atom is 0.260 e. The van der Waals surface area contributed by atoms with E-state index in [2.05, 4.69) is 5.32 Å². The monoisotopic (exact) mass is 441 g/mol. The number of carbonyl (C=O) groups is 2. The van der Waals surface area contributed by atoms with Crippen LogP contribution >= 0.6 is 0 Å². The Morgan fingerprint density at radius 2 is 1.87 bits per heavy atom. The number of hydrogen-bond acceptors (Lipinski definition) is 5. The number of nitrogens with one attached hydrogen (secondary N) is 1. The molecule has 0 radical (unpaired) electrons. The van der Waals surface area contributed by atoms with Crippen LogP contribution in [-0.4, -0.2) is 74.5 Å². The molecule has 2 atom stereocenters. The van der Waals surface area contributed by atoms with Gasteiger partial charge in [0.15, 0.2) is 6.61 Å². The lowest BCUT2D eigenvalue weighted by molar-refractivity contribution is -0.135. The molecule has 2 aliphatic rings. The molecule has 0 unspecified atom stereocenters. The van der Waals surface area contributed by atoms with E-state index >= 15 is 0 Å². The van der Waals surface area contributed by atoms with Crippen molar-refractivity contribution in [2.24, 2.45) is 5.92 Å². The van der Waals surface area contributed by atoms with Gasteiger partial charge in [-0.05, 0) is 37.1 Å². The van der Waals surface area contributed by atoms with Gasteiger partial charge in [-0.1, -0.05) is 12.8 Å². The average molecular weight is 442 g/mol. The topological polar surface area (TPSA) is 96.0 Å². The van der Waals surface area contributed by atoms with E-state index in [1.54, 1.807) is 0 Å². The minimum absolute atomic E-state index is 0.134. The molecule has 2 fully saturated rings. The summed E-state index contributed by atoms with van der Waals surface area (Å²) >= 11 is 0. The Balaban J connectivity index is 1.70. The van der Waals surface area contributed by atoms with Gasteiger partial charge in [-0.3, -0.25) is 9.59 Å². The average Bonchev–Trinajstić information content (AvgIpc) is 2.71. The molecule has 1 aliphatic carbocycles. The van der Waals surface area contributed by atoms with Gasteiger partial charge in [-0.2, -0.15) is 4.31 Å². The fourth-order valence-electron chi connectivity index (χ4n) is 4.13. The van der Waals surface area contributed by atoms with Gasteiger partial charge >= 0.3 is 0 Å². The molecular formula is C20H28FN3O5S. The maximum atomic E-state index is 13.0. The Morgan fingerprint density at radius 3 is 2.57 bits per heavy atom. The Bertz CT molecular complexity index is 862. The summed E-state index contributed by atoms with van der Waals surface area (Å²) in [5, 5.41) is 2.85. The number of ether oxygens (including phenoxy) is 1. The summed E-state index contributed by atoms with van der Waals surface area (Å²) in [6, 6.07) is 4.95. The molecule has 0 aromatic heterocycles. The summed E-state index contributed by atoms with van der Waals surface area (Å²) in [6.07, 6.45) is 4.21. The van der Waals surface area contributed by atoms with Crippen LogP contribution < -0.4 is 10.1 Å². The van der Waals surface area contributed by atoms with Crippen LogP contribution in [0.25, 0.3) is 0 Å². The van der Waals surface area contributed by atoms with Crippen molar-refractivity contribution in [1.82, 2.24) is 14.5 Å². The van der Waals surface area contributed by atoms with Gasteiger partial charge in [0.05, 0.1) is 12.2 Å². The summed E-state index contributed by atoms with van der Waals surface area (Å²) in [6.45, 7) is 0.632. The van der Waals surface area contributed by atoms with Crippen molar-refractivity contribution < 1.29 is 27.1 Å². The number of sulfonamides is 1. The Morgan fingerprint density at radius 1 is 1.17 bits per heavy atom. The number of halogens is 1. The molecule has 8 nitrogen and oxygen atoms in total. The quantitative estimate of drug-likeness (QED) is 0.752. The summed E-state index contributed by atoms with van der Waals surface area (Å²) < 4.78 is 44.7. The first kappa shape index (κ1) is 22.5. The number of benzene rings is 1. The Kier molecular flexibility index (Phi) is 7.30. The Hall–Kier alpha value is -2.20. The first-order chi connectivity index (χ1) is 14.3. The van der Waals surface area contributed by atoms with Crippen LogP contribution in [0.4, 0.5) is 4.39 Å². The van der Waals surface area contributed by atoms with E-state index < -0.39 is 15.8 Å². The lowest BCUT2D eigenvalue weighted by Gasteiger charge is -2.39. The van der Waals surface area contributed by atoms with E-state index in [0.29, 0.717) is 25.1 Å². The highest BCUT2D eigenvalue weighted by Gasteiger charge is 2.39. The summed E-state index contributed by atoms with van der Waals surface area (Å²) in [5.41, 5.74) is 0. The molecule has 166 valence electrons. The van der Waals surface area contributed by atoms with E-state index in [1.165, 1.54) is 33.5 Å². The van der Waals surface area contributed by atoms with Crippen molar-refractivity contribution in [2.75, 3.05) is 39.0 Å². The highest BCUT2D eigenvalue weighted by Crippen LogP contribution is 2.30. The van der Waals surface area contributed by atoms with Gasteiger partial charge in [-0.25, -0.2) is 12.8 Å². The minimum atomic E-state index is -3.55. The van der Waals surface area contributed by atoms with Crippen LogP contribution in [0.3, 0.4) is 0 Å². The summed E-state index contributed by atoms with van der Waals surface area (Å²) in [7, 11) is -3.55. The van der Waals surface area contributed by atoms with Crippen LogP contribution in [0.1, 0.15) is 25.7 Å². The van der Waals surface area contributed by atoms with Crippen molar-refractivity contribution in [3.8, 4) is 5.75 Å². The number of nitrogens with zero attached hydrogens (tertiary/aromatic N) is 2. The number of carbonyl (C=O) groups excluding carboxylic acids is 2. The number of fused-ring (bicyclic) bond motifs is 1. The third-order valence-electron chi connectivity index (χ3n) is 5.66. The highest BCUT2D eigenvalue weighted by molar-refractivity contribution is 7.88. The van der Waals surface area contributed by atoms with E-state index in [0.717, 1.165) is 19.1 Å². The van der Waals surface area contributed by atoms with Crippen LogP contribution in [0, 0.1) is 11.7 Å². The third kappa shape index (κ3) is 5.69. The van der Waals surface area contributed by atoms with Crippen LogP contribution in [0.5, 0.6) is 5.75 Å². The normalized spacial score (nSPS) is 23.9. The second kappa shape index (κ2) is 9.74. The zero-order chi connectivity index (χ0) is 21.7. The molecule has 3 rings (SSSR count). The predicted molar refractivity (Wildman–Crippen MR) is 109 cm³/mol. The molecule has 1 N–H and O–H groups in total. The van der Waals surface area contributed by atoms with Crippen molar-refractivity contribution >= 4 is 21.8 Å². The summed E-state index contributed by atoms with van der Waals surface area (Å²) in [4.78, 5) is 26.8.